The lowest BCUT2D eigenvalue weighted by Crippen LogP contribution is -2.51. The second-order valence-electron chi connectivity index (χ2n) is 11.6. The Hall–Kier alpha value is -1.64. The summed E-state index contributed by atoms with van der Waals surface area (Å²) in [5.74, 6) is -0.563. The topological polar surface area (TPSA) is 133 Å². The first-order valence-corrected chi connectivity index (χ1v) is 18.0. The Morgan fingerprint density at radius 1 is 1.02 bits per heavy atom. The summed E-state index contributed by atoms with van der Waals surface area (Å²) in [4.78, 5) is 13.0. The van der Waals surface area contributed by atoms with Gasteiger partial charge in [0.05, 0.1) is 12.5 Å². The number of amides is 1. The number of halogens is 1. The molecule has 0 aliphatic carbocycles. The van der Waals surface area contributed by atoms with Crippen molar-refractivity contribution in [2.45, 2.75) is 44.9 Å². The molecule has 1 aromatic rings. The van der Waals surface area contributed by atoms with Crippen LogP contribution in [0.15, 0.2) is 24.3 Å². The Morgan fingerprint density at radius 2 is 1.56 bits per heavy atom. The molecule has 0 aromatic heterocycles. The summed E-state index contributed by atoms with van der Waals surface area (Å²) in [6.45, 7) is 2.36. The number of nitrogens with zero attached hydrogens (tertiary/aromatic N) is 2. The molecule has 10 nitrogen and oxygen atoms in total. The summed E-state index contributed by atoms with van der Waals surface area (Å²) in [6.07, 6.45) is 7.01. The molecule has 2 aliphatic rings. The number of sulfonamides is 2. The molecule has 0 saturated carbocycles. The molecule has 0 radical (unpaired) electrons. The Morgan fingerprint density at radius 3 is 2.05 bits per heavy atom. The second kappa shape index (κ2) is 14.7. The van der Waals surface area contributed by atoms with E-state index in [-0.39, 0.29) is 36.8 Å². The number of hydrogen-bond donors (Lipinski definition) is 2. The van der Waals surface area contributed by atoms with Crippen LogP contribution < -0.4 is 5.32 Å². The molecule has 2 saturated heterocycles. The smallest absolute Gasteiger partial charge is 0.251 e. The molecule has 2 atom stereocenters. The minimum atomic E-state index is -3.32. The fraction of sp³-hybridized carbons (Fsp3) is 0.750. The molecular formula is C28H46FN3O7S2. The summed E-state index contributed by atoms with van der Waals surface area (Å²) in [7, 11) is -4.96. The fourth-order valence-corrected chi connectivity index (χ4v) is 8.63. The van der Waals surface area contributed by atoms with E-state index >= 15 is 0 Å². The number of aliphatic hydroxyl groups excluding tert-OH is 1. The predicted octanol–water partition coefficient (Wildman–Crippen LogP) is 2.31. The highest BCUT2D eigenvalue weighted by molar-refractivity contribution is 7.88. The Bertz CT molecular complexity index is 1200. The van der Waals surface area contributed by atoms with Crippen molar-refractivity contribution < 1.29 is 35.9 Å². The van der Waals surface area contributed by atoms with Crippen LogP contribution in [-0.4, -0.2) is 102 Å². The van der Waals surface area contributed by atoms with Gasteiger partial charge in [0.1, 0.15) is 5.82 Å². The molecule has 234 valence electrons. The highest BCUT2D eigenvalue weighted by atomic mass is 32.2. The van der Waals surface area contributed by atoms with Gasteiger partial charge in [0.15, 0.2) is 0 Å². The summed E-state index contributed by atoms with van der Waals surface area (Å²) < 4.78 is 70.8. The van der Waals surface area contributed by atoms with E-state index < -0.39 is 31.3 Å². The quantitative estimate of drug-likeness (QED) is 0.327. The summed E-state index contributed by atoms with van der Waals surface area (Å²) in [6, 6.07) is 5.34. The number of carbonyl (C=O) groups excluding carboxylic acids is 1. The standard InChI is InChI=1S/C28H46FN3O7S2/c1-39-19-13-28(24-10-16-32(17-11-24)41(3,37)38,20-22-8-14-31(15-9-22)40(2,35)36)25(12-18-33)21-30-27(34)23-4-6-26(29)7-5-23/h4-7,22,24-25,33H,8-21H2,1-3H3,(H,30,34). The van der Waals surface area contributed by atoms with Gasteiger partial charge in [-0.05, 0) is 92.4 Å². The maximum atomic E-state index is 13.4. The molecule has 2 heterocycles. The highest BCUT2D eigenvalue weighted by Gasteiger charge is 2.47. The lowest BCUT2D eigenvalue weighted by Gasteiger charge is -2.51. The van der Waals surface area contributed by atoms with Crippen LogP contribution in [0.4, 0.5) is 4.39 Å². The average Bonchev–Trinajstić information content (AvgIpc) is 2.93. The van der Waals surface area contributed by atoms with Crippen molar-refractivity contribution >= 4 is 26.0 Å². The zero-order chi connectivity index (χ0) is 30.3. The zero-order valence-corrected chi connectivity index (χ0v) is 26.1. The van der Waals surface area contributed by atoms with Crippen LogP contribution in [0.5, 0.6) is 0 Å². The predicted molar refractivity (Wildman–Crippen MR) is 156 cm³/mol. The number of hydrogen-bond acceptors (Lipinski definition) is 7. The van der Waals surface area contributed by atoms with Crippen LogP contribution in [0, 0.1) is 29.0 Å². The van der Waals surface area contributed by atoms with Gasteiger partial charge in [-0.2, -0.15) is 0 Å². The highest BCUT2D eigenvalue weighted by Crippen LogP contribution is 2.51. The number of benzene rings is 1. The first-order chi connectivity index (χ1) is 19.3. The van der Waals surface area contributed by atoms with Crippen LogP contribution in [0.2, 0.25) is 0 Å². The molecule has 2 unspecified atom stereocenters. The molecule has 2 fully saturated rings. The van der Waals surface area contributed by atoms with Crippen molar-refractivity contribution in [3.63, 3.8) is 0 Å². The zero-order valence-electron chi connectivity index (χ0n) is 24.4. The minimum Gasteiger partial charge on any atom is -0.396 e. The van der Waals surface area contributed by atoms with Gasteiger partial charge >= 0.3 is 0 Å². The van der Waals surface area contributed by atoms with E-state index in [1.165, 1.54) is 45.4 Å². The monoisotopic (exact) mass is 619 g/mol. The van der Waals surface area contributed by atoms with E-state index in [2.05, 4.69) is 5.32 Å². The van der Waals surface area contributed by atoms with Gasteiger partial charge in [-0.1, -0.05) is 0 Å². The van der Waals surface area contributed by atoms with Crippen molar-refractivity contribution in [3.8, 4) is 0 Å². The van der Waals surface area contributed by atoms with Gasteiger partial charge in [0.2, 0.25) is 20.0 Å². The Balaban J connectivity index is 1.91. The van der Waals surface area contributed by atoms with E-state index in [9.17, 15) is 31.1 Å². The summed E-state index contributed by atoms with van der Waals surface area (Å²) in [5, 5.41) is 13.2. The molecule has 41 heavy (non-hydrogen) atoms. The van der Waals surface area contributed by atoms with Crippen molar-refractivity contribution in [1.29, 1.82) is 0 Å². The van der Waals surface area contributed by atoms with Crippen molar-refractivity contribution in [1.82, 2.24) is 13.9 Å². The maximum Gasteiger partial charge on any atom is 0.251 e. The number of nitrogens with one attached hydrogen (secondary N) is 1. The lowest BCUT2D eigenvalue weighted by atomic mass is 9.57. The fourth-order valence-electron chi connectivity index (χ4n) is 6.88. The van der Waals surface area contributed by atoms with Crippen molar-refractivity contribution in [2.24, 2.45) is 23.2 Å². The third kappa shape index (κ3) is 9.17. The summed E-state index contributed by atoms with van der Waals surface area (Å²) >= 11 is 0. The molecule has 3 rings (SSSR count). The van der Waals surface area contributed by atoms with Crippen LogP contribution in [0.3, 0.4) is 0 Å². The van der Waals surface area contributed by atoms with E-state index in [1.807, 2.05) is 0 Å². The van der Waals surface area contributed by atoms with Crippen molar-refractivity contribution in [2.75, 3.05) is 65.6 Å². The number of rotatable bonds is 14. The lowest BCUT2D eigenvalue weighted by molar-refractivity contribution is -0.0290. The molecule has 1 amide bonds. The van der Waals surface area contributed by atoms with Gasteiger partial charge in [0, 0.05) is 58.6 Å². The van der Waals surface area contributed by atoms with E-state index in [0.29, 0.717) is 76.9 Å². The largest absolute Gasteiger partial charge is 0.396 e. The normalized spacial score (nSPS) is 20.9. The third-order valence-electron chi connectivity index (χ3n) is 9.12. The van der Waals surface area contributed by atoms with Crippen LogP contribution >= 0.6 is 0 Å². The average molecular weight is 620 g/mol. The van der Waals surface area contributed by atoms with Crippen LogP contribution in [0.1, 0.15) is 55.3 Å². The molecule has 13 heteroatoms. The second-order valence-corrected chi connectivity index (χ2v) is 15.6. The molecule has 1 aromatic carbocycles. The van der Waals surface area contributed by atoms with Gasteiger partial charge in [0.25, 0.3) is 5.91 Å². The molecule has 0 bridgehead atoms. The molecule has 2 N–H and O–H groups in total. The van der Waals surface area contributed by atoms with Gasteiger partial charge in [-0.3, -0.25) is 4.79 Å². The van der Waals surface area contributed by atoms with E-state index in [0.717, 1.165) is 6.42 Å². The van der Waals surface area contributed by atoms with Gasteiger partial charge in [-0.15, -0.1) is 0 Å². The first kappa shape index (κ1) is 33.9. The maximum absolute atomic E-state index is 13.4. The molecule has 2 aliphatic heterocycles. The Labute approximate surface area is 244 Å². The van der Waals surface area contributed by atoms with E-state index in [1.54, 1.807) is 7.11 Å². The molecular weight excluding hydrogens is 573 g/mol. The Kier molecular flexibility index (Phi) is 12.1. The van der Waals surface area contributed by atoms with Crippen LogP contribution in [-0.2, 0) is 24.8 Å². The van der Waals surface area contributed by atoms with Crippen molar-refractivity contribution in [3.05, 3.63) is 35.6 Å². The number of carbonyl (C=O) groups is 1. The van der Waals surface area contributed by atoms with Gasteiger partial charge in [-0.25, -0.2) is 29.8 Å². The van der Waals surface area contributed by atoms with E-state index in [4.69, 9.17) is 4.74 Å². The number of aliphatic hydroxyl groups is 1. The third-order valence-corrected chi connectivity index (χ3v) is 11.7. The first-order valence-electron chi connectivity index (χ1n) is 14.3. The number of ether oxygens (including phenoxy) is 1. The SMILES string of the molecule is COCCC(CC1CCN(S(C)(=O)=O)CC1)(C1CCN(S(C)(=O)=O)CC1)C(CCO)CNC(=O)c1ccc(F)cc1. The van der Waals surface area contributed by atoms with Gasteiger partial charge < -0.3 is 15.2 Å². The van der Waals surface area contributed by atoms with Crippen LogP contribution in [0.25, 0.3) is 0 Å². The number of methoxy groups -OCH3 is 1. The molecule has 0 spiro atoms. The number of piperidine rings is 2. The minimum absolute atomic E-state index is 0.0828. The summed E-state index contributed by atoms with van der Waals surface area (Å²) in [5.41, 5.74) is -0.0534.